The van der Waals surface area contributed by atoms with Crippen LogP contribution in [-0.2, 0) is 13.5 Å². The Bertz CT molecular complexity index is 760. The zero-order chi connectivity index (χ0) is 14.8. The summed E-state index contributed by atoms with van der Waals surface area (Å²) < 4.78 is 1.73. The van der Waals surface area contributed by atoms with Crippen molar-refractivity contribution < 1.29 is 0 Å². The molecule has 0 spiro atoms. The summed E-state index contributed by atoms with van der Waals surface area (Å²) in [5, 5.41) is 4.64. The fourth-order valence-corrected chi connectivity index (χ4v) is 2.59. The Labute approximate surface area is 124 Å². The third-order valence-electron chi connectivity index (χ3n) is 3.71. The van der Waals surface area contributed by atoms with Gasteiger partial charge in [-0.25, -0.2) is 0 Å². The van der Waals surface area contributed by atoms with E-state index in [1.165, 1.54) is 5.56 Å². The van der Waals surface area contributed by atoms with Crippen LogP contribution in [0.4, 0.5) is 5.82 Å². The average molecular weight is 278 g/mol. The number of benzene rings is 1. The lowest BCUT2D eigenvalue weighted by Crippen LogP contribution is -1.97. The number of nitrogen functional groups attached to an aromatic ring is 1. The Morgan fingerprint density at radius 3 is 2.52 bits per heavy atom. The first-order valence-electron chi connectivity index (χ1n) is 7.03. The average Bonchev–Trinajstić information content (AvgIpc) is 2.83. The van der Waals surface area contributed by atoms with E-state index in [1.807, 2.05) is 25.2 Å². The summed E-state index contributed by atoms with van der Waals surface area (Å²) in [6.07, 6.45) is 4.51. The maximum Gasteiger partial charge on any atom is 0.129 e. The van der Waals surface area contributed by atoms with E-state index in [0.29, 0.717) is 5.82 Å². The molecule has 0 aliphatic rings. The van der Waals surface area contributed by atoms with Gasteiger partial charge in [0.15, 0.2) is 0 Å². The molecule has 0 bridgehead atoms. The summed E-state index contributed by atoms with van der Waals surface area (Å²) in [6, 6.07) is 12.3. The number of nitrogens with two attached hydrogens (primary N) is 1. The first-order chi connectivity index (χ1) is 10.2. The zero-order valence-corrected chi connectivity index (χ0v) is 12.2. The third kappa shape index (κ3) is 2.29. The van der Waals surface area contributed by atoms with Crippen LogP contribution < -0.4 is 5.73 Å². The Balaban J connectivity index is 2.27. The molecule has 4 nitrogen and oxygen atoms in total. The van der Waals surface area contributed by atoms with Gasteiger partial charge in [-0.05, 0) is 29.7 Å². The predicted molar refractivity (Wildman–Crippen MR) is 85.7 cm³/mol. The maximum absolute atomic E-state index is 6.24. The molecule has 2 heterocycles. The van der Waals surface area contributed by atoms with Crippen LogP contribution in [-0.4, -0.2) is 14.8 Å². The summed E-state index contributed by atoms with van der Waals surface area (Å²) in [6.45, 7) is 2.15. The molecular formula is C17H18N4. The minimum atomic E-state index is 0.669. The lowest BCUT2D eigenvalue weighted by atomic mass is 9.97. The van der Waals surface area contributed by atoms with Gasteiger partial charge >= 0.3 is 0 Å². The van der Waals surface area contributed by atoms with E-state index in [2.05, 4.69) is 35.2 Å². The largest absolute Gasteiger partial charge is 0.383 e. The first kappa shape index (κ1) is 13.4. The highest BCUT2D eigenvalue weighted by Gasteiger charge is 2.18. The van der Waals surface area contributed by atoms with Gasteiger partial charge in [0.2, 0.25) is 0 Å². The zero-order valence-electron chi connectivity index (χ0n) is 12.2. The number of hydrogen-bond acceptors (Lipinski definition) is 3. The van der Waals surface area contributed by atoms with Gasteiger partial charge in [-0.3, -0.25) is 9.67 Å². The topological polar surface area (TPSA) is 56.7 Å². The highest BCUT2D eigenvalue weighted by molar-refractivity contribution is 5.88. The summed E-state index contributed by atoms with van der Waals surface area (Å²) in [4.78, 5) is 4.08. The van der Waals surface area contributed by atoms with E-state index in [9.17, 15) is 0 Å². The number of aromatic nitrogens is 3. The lowest BCUT2D eigenvalue weighted by Gasteiger charge is -2.08. The molecule has 1 aromatic carbocycles. The van der Waals surface area contributed by atoms with Gasteiger partial charge in [-0.1, -0.05) is 31.2 Å². The standard InChI is InChI=1S/C17H18N4/c1-3-12-6-4-5-7-14(12)16-15(17(18)21(2)20-16)13-8-10-19-11-9-13/h4-11H,3,18H2,1-2H3. The van der Waals surface area contributed by atoms with Crippen molar-refractivity contribution in [2.45, 2.75) is 13.3 Å². The fourth-order valence-electron chi connectivity index (χ4n) is 2.59. The molecule has 21 heavy (non-hydrogen) atoms. The predicted octanol–water partition coefficient (Wildman–Crippen LogP) is 3.29. The molecule has 0 saturated heterocycles. The molecule has 0 radical (unpaired) electrons. The maximum atomic E-state index is 6.24. The number of aryl methyl sites for hydroxylation is 2. The van der Waals surface area contributed by atoms with E-state index < -0.39 is 0 Å². The van der Waals surface area contributed by atoms with Crippen LogP contribution >= 0.6 is 0 Å². The minimum Gasteiger partial charge on any atom is -0.383 e. The quantitative estimate of drug-likeness (QED) is 0.799. The third-order valence-corrected chi connectivity index (χ3v) is 3.71. The van der Waals surface area contributed by atoms with Crippen molar-refractivity contribution in [1.82, 2.24) is 14.8 Å². The lowest BCUT2D eigenvalue weighted by molar-refractivity contribution is 0.782. The SMILES string of the molecule is CCc1ccccc1-c1nn(C)c(N)c1-c1ccncc1. The second kappa shape index (κ2) is 5.40. The molecular weight excluding hydrogens is 260 g/mol. The van der Waals surface area contributed by atoms with Crippen molar-refractivity contribution in [3.05, 3.63) is 54.4 Å². The van der Waals surface area contributed by atoms with Crippen LogP contribution in [0, 0.1) is 0 Å². The smallest absolute Gasteiger partial charge is 0.129 e. The second-order valence-corrected chi connectivity index (χ2v) is 4.98. The summed E-state index contributed by atoms with van der Waals surface area (Å²) >= 11 is 0. The van der Waals surface area contributed by atoms with E-state index >= 15 is 0 Å². The van der Waals surface area contributed by atoms with Crippen LogP contribution in [0.15, 0.2) is 48.8 Å². The van der Waals surface area contributed by atoms with E-state index in [1.54, 1.807) is 17.1 Å². The molecule has 2 aromatic heterocycles. The molecule has 106 valence electrons. The van der Waals surface area contributed by atoms with E-state index in [4.69, 9.17) is 5.73 Å². The van der Waals surface area contributed by atoms with Crippen molar-refractivity contribution in [3.63, 3.8) is 0 Å². The molecule has 0 aliphatic heterocycles. The summed E-state index contributed by atoms with van der Waals surface area (Å²) in [7, 11) is 1.87. The van der Waals surface area contributed by atoms with E-state index in [-0.39, 0.29) is 0 Å². The molecule has 0 unspecified atom stereocenters. The highest BCUT2D eigenvalue weighted by Crippen LogP contribution is 2.36. The number of hydrogen-bond donors (Lipinski definition) is 1. The minimum absolute atomic E-state index is 0.669. The van der Waals surface area contributed by atoms with Crippen molar-refractivity contribution in [1.29, 1.82) is 0 Å². The van der Waals surface area contributed by atoms with Crippen LogP contribution in [0.25, 0.3) is 22.4 Å². The number of rotatable bonds is 3. The first-order valence-corrected chi connectivity index (χ1v) is 7.03. The van der Waals surface area contributed by atoms with Gasteiger partial charge in [-0.2, -0.15) is 5.10 Å². The number of anilines is 1. The second-order valence-electron chi connectivity index (χ2n) is 4.98. The summed E-state index contributed by atoms with van der Waals surface area (Å²) in [5.41, 5.74) is 11.6. The summed E-state index contributed by atoms with van der Waals surface area (Å²) in [5.74, 6) is 0.669. The monoisotopic (exact) mass is 278 g/mol. The van der Waals surface area contributed by atoms with E-state index in [0.717, 1.165) is 28.8 Å². The van der Waals surface area contributed by atoms with Gasteiger partial charge in [0, 0.05) is 25.0 Å². The molecule has 3 rings (SSSR count). The van der Waals surface area contributed by atoms with Crippen LogP contribution in [0.3, 0.4) is 0 Å². The normalized spacial score (nSPS) is 10.8. The van der Waals surface area contributed by atoms with Gasteiger partial charge in [-0.15, -0.1) is 0 Å². The Morgan fingerprint density at radius 1 is 1.10 bits per heavy atom. The molecule has 3 aromatic rings. The molecule has 0 saturated carbocycles. The molecule has 4 heteroatoms. The molecule has 0 aliphatic carbocycles. The molecule has 0 amide bonds. The van der Waals surface area contributed by atoms with Crippen LogP contribution in [0.1, 0.15) is 12.5 Å². The molecule has 0 fully saturated rings. The molecule has 0 atom stereocenters. The van der Waals surface area contributed by atoms with Crippen molar-refractivity contribution in [2.75, 3.05) is 5.73 Å². The van der Waals surface area contributed by atoms with Crippen molar-refractivity contribution in [2.24, 2.45) is 7.05 Å². The van der Waals surface area contributed by atoms with Gasteiger partial charge in [0.1, 0.15) is 11.5 Å². The highest BCUT2D eigenvalue weighted by atomic mass is 15.3. The van der Waals surface area contributed by atoms with Crippen LogP contribution in [0.2, 0.25) is 0 Å². The molecule has 2 N–H and O–H groups in total. The van der Waals surface area contributed by atoms with Crippen molar-refractivity contribution in [3.8, 4) is 22.4 Å². The Morgan fingerprint density at radius 2 is 1.81 bits per heavy atom. The Hall–Kier alpha value is -2.62. The van der Waals surface area contributed by atoms with Gasteiger partial charge in [0.05, 0.1) is 5.56 Å². The van der Waals surface area contributed by atoms with Gasteiger partial charge < -0.3 is 5.73 Å². The van der Waals surface area contributed by atoms with Crippen molar-refractivity contribution >= 4 is 5.82 Å². The van der Waals surface area contributed by atoms with Crippen LogP contribution in [0.5, 0.6) is 0 Å². The van der Waals surface area contributed by atoms with Gasteiger partial charge in [0.25, 0.3) is 0 Å². The number of nitrogens with zero attached hydrogens (tertiary/aromatic N) is 3. The number of pyridine rings is 1. The Kier molecular flexibility index (Phi) is 3.44. The fraction of sp³-hybridized carbons (Fsp3) is 0.176.